The summed E-state index contributed by atoms with van der Waals surface area (Å²) < 4.78 is 0. The van der Waals surface area contributed by atoms with Crippen LogP contribution in [0.2, 0.25) is 0 Å². The van der Waals surface area contributed by atoms with Crippen molar-refractivity contribution in [2.45, 2.75) is 23.6 Å². The van der Waals surface area contributed by atoms with Gasteiger partial charge >= 0.3 is 0 Å². The molecule has 0 radical (unpaired) electrons. The SMILES string of the molecule is Cc1nc(S[C@H](C#N)Cc2ccccc2)c2ccccc2n1. The van der Waals surface area contributed by atoms with Crippen molar-refractivity contribution >= 4 is 22.7 Å². The van der Waals surface area contributed by atoms with E-state index in [0.717, 1.165) is 27.3 Å². The van der Waals surface area contributed by atoms with E-state index in [0.29, 0.717) is 6.42 Å². The monoisotopic (exact) mass is 305 g/mol. The van der Waals surface area contributed by atoms with Gasteiger partial charge in [-0.1, -0.05) is 60.3 Å². The predicted molar refractivity (Wildman–Crippen MR) is 89.7 cm³/mol. The Morgan fingerprint density at radius 1 is 1.05 bits per heavy atom. The Morgan fingerprint density at radius 2 is 1.77 bits per heavy atom. The highest BCUT2D eigenvalue weighted by atomic mass is 32.2. The molecule has 22 heavy (non-hydrogen) atoms. The van der Waals surface area contributed by atoms with Crippen LogP contribution in [0.3, 0.4) is 0 Å². The van der Waals surface area contributed by atoms with E-state index in [-0.39, 0.29) is 5.25 Å². The number of nitrogens with zero attached hydrogens (tertiary/aromatic N) is 3. The molecule has 0 saturated heterocycles. The first-order chi connectivity index (χ1) is 10.8. The molecule has 0 spiro atoms. The van der Waals surface area contributed by atoms with Gasteiger partial charge in [0.25, 0.3) is 0 Å². The number of aromatic nitrogens is 2. The molecule has 0 N–H and O–H groups in total. The number of para-hydroxylation sites is 1. The molecule has 0 aliphatic heterocycles. The second-order valence-electron chi connectivity index (χ2n) is 5.02. The Bertz CT molecular complexity index is 825. The molecule has 108 valence electrons. The number of fused-ring (bicyclic) bond motifs is 1. The lowest BCUT2D eigenvalue weighted by Crippen LogP contribution is -2.05. The fourth-order valence-corrected chi connectivity index (χ4v) is 3.41. The minimum absolute atomic E-state index is 0.167. The fourth-order valence-electron chi connectivity index (χ4n) is 2.32. The van der Waals surface area contributed by atoms with Crippen LogP contribution in [0.25, 0.3) is 10.9 Å². The number of hydrogen-bond donors (Lipinski definition) is 0. The van der Waals surface area contributed by atoms with Crippen LogP contribution in [0.15, 0.2) is 59.6 Å². The van der Waals surface area contributed by atoms with Gasteiger partial charge in [0.05, 0.1) is 11.6 Å². The number of rotatable bonds is 4. The summed E-state index contributed by atoms with van der Waals surface area (Å²) in [7, 11) is 0. The zero-order valence-corrected chi connectivity index (χ0v) is 13.0. The number of nitriles is 1. The number of thioether (sulfide) groups is 1. The molecule has 0 fully saturated rings. The van der Waals surface area contributed by atoms with Gasteiger partial charge in [0.2, 0.25) is 0 Å². The second kappa shape index (κ2) is 6.59. The van der Waals surface area contributed by atoms with Crippen molar-refractivity contribution in [3.05, 3.63) is 66.0 Å². The molecule has 1 heterocycles. The van der Waals surface area contributed by atoms with E-state index in [2.05, 4.69) is 16.0 Å². The molecular formula is C18H15N3S. The largest absolute Gasteiger partial charge is 0.233 e. The quantitative estimate of drug-likeness (QED) is 0.536. The van der Waals surface area contributed by atoms with Gasteiger partial charge in [0, 0.05) is 5.39 Å². The summed E-state index contributed by atoms with van der Waals surface area (Å²) >= 11 is 1.51. The summed E-state index contributed by atoms with van der Waals surface area (Å²) in [5.41, 5.74) is 2.09. The van der Waals surface area contributed by atoms with Crippen molar-refractivity contribution in [1.82, 2.24) is 9.97 Å². The lowest BCUT2D eigenvalue weighted by molar-refractivity contribution is 0.987. The zero-order valence-electron chi connectivity index (χ0n) is 12.2. The molecule has 3 aromatic rings. The van der Waals surface area contributed by atoms with E-state index < -0.39 is 0 Å². The van der Waals surface area contributed by atoms with E-state index in [1.807, 2.05) is 61.5 Å². The molecule has 4 heteroatoms. The smallest absolute Gasteiger partial charge is 0.127 e. The Labute approximate surface area is 134 Å². The van der Waals surface area contributed by atoms with Crippen molar-refractivity contribution in [3.63, 3.8) is 0 Å². The average molecular weight is 305 g/mol. The highest BCUT2D eigenvalue weighted by Gasteiger charge is 2.14. The average Bonchev–Trinajstić information content (AvgIpc) is 2.55. The van der Waals surface area contributed by atoms with Crippen LogP contribution in [0.1, 0.15) is 11.4 Å². The molecule has 0 aliphatic carbocycles. The minimum Gasteiger partial charge on any atom is -0.233 e. The van der Waals surface area contributed by atoms with Gasteiger partial charge in [-0.25, -0.2) is 9.97 Å². The first-order valence-corrected chi connectivity index (χ1v) is 7.98. The van der Waals surface area contributed by atoms with Gasteiger partial charge in [0.15, 0.2) is 0 Å². The number of hydrogen-bond acceptors (Lipinski definition) is 4. The van der Waals surface area contributed by atoms with Crippen LogP contribution in [-0.4, -0.2) is 15.2 Å². The Kier molecular flexibility index (Phi) is 4.36. The molecule has 2 aromatic carbocycles. The highest BCUT2D eigenvalue weighted by Crippen LogP contribution is 2.29. The van der Waals surface area contributed by atoms with Crippen molar-refractivity contribution in [3.8, 4) is 6.07 Å². The van der Waals surface area contributed by atoms with Gasteiger partial charge < -0.3 is 0 Å². The summed E-state index contributed by atoms with van der Waals surface area (Å²) in [5, 5.41) is 11.2. The third kappa shape index (κ3) is 3.26. The van der Waals surface area contributed by atoms with Crippen LogP contribution >= 0.6 is 11.8 Å². The van der Waals surface area contributed by atoms with Crippen molar-refractivity contribution < 1.29 is 0 Å². The first-order valence-electron chi connectivity index (χ1n) is 7.10. The first kappa shape index (κ1) is 14.6. The maximum Gasteiger partial charge on any atom is 0.127 e. The summed E-state index contributed by atoms with van der Waals surface area (Å²) in [6.45, 7) is 1.88. The van der Waals surface area contributed by atoms with Crippen molar-refractivity contribution in [2.24, 2.45) is 0 Å². The van der Waals surface area contributed by atoms with Gasteiger partial charge in [-0.05, 0) is 25.0 Å². The van der Waals surface area contributed by atoms with Crippen molar-refractivity contribution in [2.75, 3.05) is 0 Å². The third-order valence-electron chi connectivity index (χ3n) is 3.34. The fraction of sp³-hybridized carbons (Fsp3) is 0.167. The zero-order chi connectivity index (χ0) is 15.4. The van der Waals surface area contributed by atoms with Crippen LogP contribution in [0.5, 0.6) is 0 Å². The van der Waals surface area contributed by atoms with E-state index in [9.17, 15) is 5.26 Å². The molecule has 0 aliphatic rings. The lowest BCUT2D eigenvalue weighted by Gasteiger charge is -2.11. The summed E-state index contributed by atoms with van der Waals surface area (Å²) in [4.78, 5) is 8.98. The van der Waals surface area contributed by atoms with E-state index in [4.69, 9.17) is 0 Å². The Morgan fingerprint density at radius 3 is 2.55 bits per heavy atom. The molecular weight excluding hydrogens is 290 g/mol. The normalized spacial score (nSPS) is 12.0. The highest BCUT2D eigenvalue weighted by molar-refractivity contribution is 8.00. The summed E-state index contributed by atoms with van der Waals surface area (Å²) in [6, 6.07) is 20.4. The maximum absolute atomic E-state index is 9.48. The molecule has 1 aromatic heterocycles. The van der Waals surface area contributed by atoms with Crippen LogP contribution in [0.4, 0.5) is 0 Å². The Hall–Kier alpha value is -2.38. The number of benzene rings is 2. The molecule has 3 rings (SSSR count). The van der Waals surface area contributed by atoms with E-state index >= 15 is 0 Å². The lowest BCUT2D eigenvalue weighted by atomic mass is 10.1. The topological polar surface area (TPSA) is 49.6 Å². The molecule has 3 nitrogen and oxygen atoms in total. The molecule has 0 saturated carbocycles. The van der Waals surface area contributed by atoms with E-state index in [1.165, 1.54) is 11.8 Å². The Balaban J connectivity index is 1.90. The minimum atomic E-state index is -0.167. The molecule has 0 bridgehead atoms. The van der Waals surface area contributed by atoms with Gasteiger partial charge in [-0.15, -0.1) is 0 Å². The summed E-state index contributed by atoms with van der Waals surface area (Å²) in [5.74, 6) is 0.734. The van der Waals surface area contributed by atoms with Gasteiger partial charge in [0.1, 0.15) is 16.1 Å². The maximum atomic E-state index is 9.48. The predicted octanol–water partition coefficient (Wildman–Crippen LogP) is 4.17. The number of aryl methyl sites for hydroxylation is 1. The standard InChI is InChI=1S/C18H15N3S/c1-13-20-17-10-6-5-9-16(17)18(21-13)22-15(12-19)11-14-7-3-2-4-8-14/h2-10,15H,11H2,1H3/t15-/m0/s1. The van der Waals surface area contributed by atoms with Crippen LogP contribution < -0.4 is 0 Å². The second-order valence-corrected chi connectivity index (χ2v) is 6.21. The van der Waals surface area contributed by atoms with Crippen LogP contribution in [-0.2, 0) is 6.42 Å². The van der Waals surface area contributed by atoms with Crippen LogP contribution in [0, 0.1) is 18.3 Å². The van der Waals surface area contributed by atoms with Gasteiger partial charge in [-0.2, -0.15) is 5.26 Å². The van der Waals surface area contributed by atoms with E-state index in [1.54, 1.807) is 0 Å². The van der Waals surface area contributed by atoms with Crippen molar-refractivity contribution in [1.29, 1.82) is 5.26 Å². The molecule has 1 atom stereocenters. The molecule has 0 amide bonds. The third-order valence-corrected chi connectivity index (χ3v) is 4.43. The summed E-state index contributed by atoms with van der Waals surface area (Å²) in [6.07, 6.45) is 0.708. The molecule has 0 unspecified atom stereocenters. The van der Waals surface area contributed by atoms with Gasteiger partial charge in [-0.3, -0.25) is 0 Å².